The minimum Gasteiger partial charge on any atom is -0.395 e. The summed E-state index contributed by atoms with van der Waals surface area (Å²) in [5, 5.41) is 12.7. The van der Waals surface area contributed by atoms with Gasteiger partial charge >= 0.3 is 0 Å². The minimum absolute atomic E-state index is 0.243. The quantitative estimate of drug-likeness (QED) is 0.796. The number of thioether (sulfide) groups is 1. The first-order valence-electron chi connectivity index (χ1n) is 6.58. The second kappa shape index (κ2) is 7.82. The Morgan fingerprint density at radius 3 is 2.11 bits per heavy atom. The van der Waals surface area contributed by atoms with E-state index in [1.165, 1.54) is 11.1 Å². The van der Waals surface area contributed by atoms with Gasteiger partial charge < -0.3 is 10.4 Å². The Bertz CT molecular complexity index is 337. The number of hydrogen-bond donors (Lipinski definition) is 2. The van der Waals surface area contributed by atoms with Crippen LogP contribution < -0.4 is 5.32 Å². The Labute approximate surface area is 115 Å². The van der Waals surface area contributed by atoms with Crippen LogP contribution in [0.5, 0.6) is 0 Å². The molecule has 0 fully saturated rings. The predicted octanol–water partition coefficient (Wildman–Crippen LogP) is 3.18. The van der Waals surface area contributed by atoms with Crippen LogP contribution in [0.2, 0.25) is 0 Å². The van der Waals surface area contributed by atoms with E-state index in [4.69, 9.17) is 5.11 Å². The smallest absolute Gasteiger partial charge is 0.0547 e. The highest BCUT2D eigenvalue weighted by Crippen LogP contribution is 2.23. The van der Waals surface area contributed by atoms with E-state index >= 15 is 0 Å². The molecule has 3 heteroatoms. The molecule has 0 heterocycles. The molecule has 1 aromatic rings. The van der Waals surface area contributed by atoms with Gasteiger partial charge in [-0.15, -0.1) is 0 Å². The standard InChI is InChI=1S/C15H25NOS/c1-11(2)13-5-7-14(8-6-13)15(16-4)10-18-12(3)9-17/h5-8,11-12,15-17H,9-10H2,1-4H3. The SMILES string of the molecule is CNC(CSC(C)CO)c1ccc(C(C)C)cc1. The van der Waals surface area contributed by atoms with E-state index in [0.717, 1.165) is 5.75 Å². The van der Waals surface area contributed by atoms with Crippen molar-refractivity contribution in [1.29, 1.82) is 0 Å². The monoisotopic (exact) mass is 267 g/mol. The maximum Gasteiger partial charge on any atom is 0.0547 e. The predicted molar refractivity (Wildman–Crippen MR) is 81.3 cm³/mol. The second-order valence-electron chi connectivity index (χ2n) is 4.99. The van der Waals surface area contributed by atoms with Crippen LogP contribution >= 0.6 is 11.8 Å². The molecule has 2 N–H and O–H groups in total. The average Bonchev–Trinajstić information content (AvgIpc) is 2.39. The number of hydrogen-bond acceptors (Lipinski definition) is 3. The molecular weight excluding hydrogens is 242 g/mol. The van der Waals surface area contributed by atoms with Gasteiger partial charge in [0.1, 0.15) is 0 Å². The van der Waals surface area contributed by atoms with Gasteiger partial charge in [0.15, 0.2) is 0 Å². The van der Waals surface area contributed by atoms with Gasteiger partial charge in [-0.3, -0.25) is 0 Å². The molecule has 1 rings (SSSR count). The summed E-state index contributed by atoms with van der Waals surface area (Å²) in [6.07, 6.45) is 0. The molecule has 2 unspecified atom stereocenters. The van der Waals surface area contributed by atoms with Crippen molar-refractivity contribution < 1.29 is 5.11 Å². The van der Waals surface area contributed by atoms with Gasteiger partial charge in [-0.05, 0) is 24.1 Å². The van der Waals surface area contributed by atoms with Crippen molar-refractivity contribution in [3.05, 3.63) is 35.4 Å². The lowest BCUT2D eigenvalue weighted by Crippen LogP contribution is -2.20. The van der Waals surface area contributed by atoms with Gasteiger partial charge in [0.25, 0.3) is 0 Å². The largest absolute Gasteiger partial charge is 0.395 e. The summed E-state index contributed by atoms with van der Waals surface area (Å²) in [4.78, 5) is 0. The summed E-state index contributed by atoms with van der Waals surface area (Å²) >= 11 is 1.80. The highest BCUT2D eigenvalue weighted by molar-refractivity contribution is 7.99. The Morgan fingerprint density at radius 1 is 1.11 bits per heavy atom. The molecule has 1 aromatic carbocycles. The van der Waals surface area contributed by atoms with E-state index in [9.17, 15) is 0 Å². The molecule has 0 amide bonds. The van der Waals surface area contributed by atoms with Crippen LogP contribution in [0.3, 0.4) is 0 Å². The molecule has 0 spiro atoms. The fraction of sp³-hybridized carbons (Fsp3) is 0.600. The van der Waals surface area contributed by atoms with Crippen LogP contribution in [0.4, 0.5) is 0 Å². The highest BCUT2D eigenvalue weighted by Gasteiger charge is 2.11. The van der Waals surface area contributed by atoms with Crippen molar-refractivity contribution in [2.75, 3.05) is 19.4 Å². The van der Waals surface area contributed by atoms with Crippen LogP contribution in [0.1, 0.15) is 43.9 Å². The normalized spacial score (nSPS) is 14.8. The van der Waals surface area contributed by atoms with Crippen LogP contribution in [0.25, 0.3) is 0 Å². The molecule has 18 heavy (non-hydrogen) atoms. The van der Waals surface area contributed by atoms with Gasteiger partial charge in [-0.1, -0.05) is 45.0 Å². The lowest BCUT2D eigenvalue weighted by atomic mass is 10.00. The summed E-state index contributed by atoms with van der Waals surface area (Å²) in [5.74, 6) is 1.56. The van der Waals surface area contributed by atoms with Gasteiger partial charge in [-0.2, -0.15) is 11.8 Å². The maximum absolute atomic E-state index is 9.05. The van der Waals surface area contributed by atoms with Crippen molar-refractivity contribution in [2.45, 2.75) is 38.0 Å². The first kappa shape index (κ1) is 15.5. The number of aliphatic hydroxyl groups excluding tert-OH is 1. The molecule has 0 aliphatic carbocycles. The van der Waals surface area contributed by atoms with Gasteiger partial charge in [0, 0.05) is 17.0 Å². The number of nitrogens with one attached hydrogen (secondary N) is 1. The number of benzene rings is 1. The molecule has 0 aliphatic heterocycles. The van der Waals surface area contributed by atoms with E-state index in [2.05, 4.69) is 50.4 Å². The molecule has 0 aromatic heterocycles. The Hall–Kier alpha value is -0.510. The van der Waals surface area contributed by atoms with Gasteiger partial charge in [-0.25, -0.2) is 0 Å². The van der Waals surface area contributed by atoms with Crippen molar-refractivity contribution in [3.63, 3.8) is 0 Å². The third kappa shape index (κ3) is 4.63. The Balaban J connectivity index is 2.64. The lowest BCUT2D eigenvalue weighted by Gasteiger charge is -2.19. The molecular formula is C15H25NOS. The third-order valence-electron chi connectivity index (χ3n) is 3.16. The highest BCUT2D eigenvalue weighted by atomic mass is 32.2. The first-order valence-corrected chi connectivity index (χ1v) is 7.63. The van der Waals surface area contributed by atoms with Gasteiger partial charge in [0.2, 0.25) is 0 Å². The first-order chi connectivity index (χ1) is 8.58. The molecule has 0 bridgehead atoms. The van der Waals surface area contributed by atoms with Crippen molar-refractivity contribution >= 4 is 11.8 Å². The molecule has 0 saturated carbocycles. The summed E-state index contributed by atoms with van der Waals surface area (Å²) < 4.78 is 0. The van der Waals surface area contributed by atoms with E-state index in [1.807, 2.05) is 7.05 Å². The zero-order valence-electron chi connectivity index (χ0n) is 11.8. The van der Waals surface area contributed by atoms with Gasteiger partial charge in [0.05, 0.1) is 6.61 Å². The van der Waals surface area contributed by atoms with Crippen LogP contribution in [-0.4, -0.2) is 29.8 Å². The van der Waals surface area contributed by atoms with Crippen LogP contribution in [-0.2, 0) is 0 Å². The zero-order chi connectivity index (χ0) is 13.5. The summed E-state index contributed by atoms with van der Waals surface area (Å²) in [5.41, 5.74) is 2.70. The van der Waals surface area contributed by atoms with E-state index in [1.54, 1.807) is 11.8 Å². The Morgan fingerprint density at radius 2 is 1.67 bits per heavy atom. The molecule has 2 atom stereocenters. The zero-order valence-corrected chi connectivity index (χ0v) is 12.6. The summed E-state index contributed by atoms with van der Waals surface area (Å²) in [6, 6.07) is 9.20. The fourth-order valence-electron chi connectivity index (χ4n) is 1.77. The van der Waals surface area contributed by atoms with Crippen LogP contribution in [0.15, 0.2) is 24.3 Å². The molecule has 0 radical (unpaired) electrons. The van der Waals surface area contributed by atoms with E-state index in [0.29, 0.717) is 17.2 Å². The third-order valence-corrected chi connectivity index (χ3v) is 4.40. The molecule has 0 aliphatic rings. The lowest BCUT2D eigenvalue weighted by molar-refractivity contribution is 0.300. The van der Waals surface area contributed by atoms with E-state index < -0.39 is 0 Å². The Kier molecular flexibility index (Phi) is 6.76. The van der Waals surface area contributed by atoms with Crippen molar-refractivity contribution in [1.82, 2.24) is 5.32 Å². The average molecular weight is 267 g/mol. The second-order valence-corrected chi connectivity index (χ2v) is 6.46. The maximum atomic E-state index is 9.05. The molecule has 102 valence electrons. The van der Waals surface area contributed by atoms with Crippen LogP contribution in [0, 0.1) is 0 Å². The van der Waals surface area contributed by atoms with Crippen molar-refractivity contribution in [2.24, 2.45) is 0 Å². The summed E-state index contributed by atoms with van der Waals surface area (Å²) in [6.45, 7) is 6.72. The molecule has 0 saturated heterocycles. The van der Waals surface area contributed by atoms with Crippen molar-refractivity contribution in [3.8, 4) is 0 Å². The molecule has 2 nitrogen and oxygen atoms in total. The fourth-order valence-corrected chi connectivity index (χ4v) is 2.76. The number of aliphatic hydroxyl groups is 1. The van der Waals surface area contributed by atoms with E-state index in [-0.39, 0.29) is 6.61 Å². The topological polar surface area (TPSA) is 32.3 Å². The minimum atomic E-state index is 0.243. The number of rotatable bonds is 7. The summed E-state index contributed by atoms with van der Waals surface area (Å²) in [7, 11) is 1.99.